The molecule has 4 amide bonds. The van der Waals surface area contributed by atoms with E-state index < -0.39 is 41.7 Å². The van der Waals surface area contributed by atoms with E-state index in [0.29, 0.717) is 12.8 Å². The Morgan fingerprint density at radius 3 is 1.76 bits per heavy atom. The van der Waals surface area contributed by atoms with E-state index in [1.165, 1.54) is 22.5 Å². The van der Waals surface area contributed by atoms with Crippen molar-refractivity contribution in [3.05, 3.63) is 29.7 Å². The number of imidazole rings is 2. The lowest BCUT2D eigenvalue weighted by molar-refractivity contribution is -0.148. The first-order valence-electron chi connectivity index (χ1n) is 17.4. The number of H-pyrrole nitrogens is 2. The number of nitrogens with one attached hydrogen (secondary N) is 4. The molecule has 0 aliphatic heterocycles. The summed E-state index contributed by atoms with van der Waals surface area (Å²) < 4.78 is 10.6. The van der Waals surface area contributed by atoms with Crippen LogP contribution in [0.5, 0.6) is 0 Å². The van der Waals surface area contributed by atoms with Crippen LogP contribution in [0.15, 0.2) is 12.7 Å². The van der Waals surface area contributed by atoms with Gasteiger partial charge in [-0.3, -0.25) is 24.1 Å². The Morgan fingerprint density at radius 2 is 1.26 bits per heavy atom. The Hall–Kier alpha value is -4.76. The summed E-state index contributed by atoms with van der Waals surface area (Å²) in [7, 11) is 0. The third-order valence-electron chi connectivity index (χ3n) is 7.94. The number of carbonyl (C=O) groups excluding carboxylic acids is 6. The van der Waals surface area contributed by atoms with Crippen LogP contribution in [0, 0.1) is 11.8 Å². The highest BCUT2D eigenvalue weighted by atomic mass is 16.5. The molecule has 0 spiro atoms. The van der Waals surface area contributed by atoms with Crippen molar-refractivity contribution in [1.82, 2.24) is 35.5 Å². The summed E-state index contributed by atoms with van der Waals surface area (Å²) in [4.78, 5) is 95.4. The number of hydrogen-bond acceptors (Lipinski definition) is 10. The number of ether oxygens (including phenoxy) is 2. The molecule has 0 saturated heterocycles. The Kier molecular flexibility index (Phi) is 17.1. The first-order chi connectivity index (χ1) is 23.8. The number of aromatic nitrogens is 4. The number of anilines is 1. The summed E-state index contributed by atoms with van der Waals surface area (Å²) in [6, 6.07) is -1.87. The molecule has 2 aromatic rings. The molecule has 0 fully saturated rings. The molecule has 0 saturated carbocycles. The van der Waals surface area contributed by atoms with Crippen LogP contribution in [0.3, 0.4) is 0 Å². The molecule has 4 N–H and O–H groups in total. The Morgan fingerprint density at radius 1 is 0.740 bits per heavy atom. The van der Waals surface area contributed by atoms with Crippen molar-refractivity contribution in [3.8, 4) is 0 Å². The highest BCUT2D eigenvalue weighted by Crippen LogP contribution is 2.19. The highest BCUT2D eigenvalue weighted by molar-refractivity contribution is 6.06. The number of amides is 4. The zero-order valence-electron chi connectivity index (χ0n) is 30.6. The van der Waals surface area contributed by atoms with Gasteiger partial charge in [-0.2, -0.15) is 0 Å². The molecule has 50 heavy (non-hydrogen) atoms. The van der Waals surface area contributed by atoms with Crippen molar-refractivity contribution in [2.75, 3.05) is 37.7 Å². The second-order valence-corrected chi connectivity index (χ2v) is 12.4. The van der Waals surface area contributed by atoms with Crippen molar-refractivity contribution in [1.29, 1.82) is 0 Å². The molecule has 0 radical (unpaired) electrons. The van der Waals surface area contributed by atoms with E-state index in [1.54, 1.807) is 41.5 Å². The van der Waals surface area contributed by atoms with Crippen molar-refractivity contribution >= 4 is 41.4 Å². The third-order valence-corrected chi connectivity index (χ3v) is 7.94. The van der Waals surface area contributed by atoms with Gasteiger partial charge in [-0.05, 0) is 31.6 Å². The van der Waals surface area contributed by atoms with E-state index >= 15 is 0 Å². The van der Waals surface area contributed by atoms with Crippen LogP contribution in [-0.2, 0) is 23.9 Å². The van der Waals surface area contributed by atoms with Crippen molar-refractivity contribution in [3.63, 3.8) is 0 Å². The minimum Gasteiger partial charge on any atom is -0.464 e. The predicted octanol–water partition coefficient (Wildman–Crippen LogP) is 3.23. The van der Waals surface area contributed by atoms with E-state index in [4.69, 9.17) is 9.47 Å². The van der Waals surface area contributed by atoms with Crippen LogP contribution in [0.2, 0.25) is 0 Å². The first-order valence-corrected chi connectivity index (χ1v) is 17.4. The van der Waals surface area contributed by atoms with E-state index in [2.05, 4.69) is 30.6 Å². The van der Waals surface area contributed by atoms with Crippen molar-refractivity contribution < 1.29 is 38.2 Å². The summed E-state index contributed by atoms with van der Waals surface area (Å²) in [6.45, 7) is 15.1. The van der Waals surface area contributed by atoms with E-state index in [-0.39, 0.29) is 79.9 Å². The molecule has 2 atom stereocenters. The summed E-state index contributed by atoms with van der Waals surface area (Å²) in [5.41, 5.74) is -0.320. The molecule has 278 valence electrons. The van der Waals surface area contributed by atoms with E-state index in [0.717, 1.165) is 12.8 Å². The van der Waals surface area contributed by atoms with Crippen molar-refractivity contribution in [2.24, 2.45) is 11.8 Å². The quantitative estimate of drug-likeness (QED) is 0.110. The lowest BCUT2D eigenvalue weighted by Crippen LogP contribution is -2.47. The Labute approximate surface area is 293 Å². The van der Waals surface area contributed by atoms with Gasteiger partial charge in [-0.1, -0.05) is 61.3 Å². The highest BCUT2D eigenvalue weighted by Gasteiger charge is 2.32. The minimum absolute atomic E-state index is 0.00577. The fourth-order valence-corrected chi connectivity index (χ4v) is 4.84. The number of unbranched alkanes of at least 4 members (excludes halogenated alkanes) is 2. The molecule has 0 aliphatic carbocycles. The average molecular weight is 703 g/mol. The summed E-state index contributed by atoms with van der Waals surface area (Å²) in [6.07, 6.45) is 5.65. The number of rotatable bonds is 21. The minimum atomic E-state index is -0.947. The van der Waals surface area contributed by atoms with Crippen LogP contribution in [0.25, 0.3) is 0 Å². The second kappa shape index (κ2) is 20.7. The van der Waals surface area contributed by atoms with Crippen LogP contribution in [-0.4, -0.2) is 105 Å². The van der Waals surface area contributed by atoms with Gasteiger partial charge >= 0.3 is 11.9 Å². The lowest BCUT2D eigenvalue weighted by atomic mass is 10.0. The molecule has 0 unspecified atom stereocenters. The zero-order chi connectivity index (χ0) is 37.4. The molecule has 0 bridgehead atoms. The normalized spacial score (nSPS) is 12.3. The molecule has 16 nitrogen and oxygen atoms in total. The number of likely N-dealkylation sites (N-methyl/N-ethyl adjacent to an activating group) is 1. The molecule has 2 heterocycles. The fourth-order valence-electron chi connectivity index (χ4n) is 4.84. The Balaban J connectivity index is 2.24. The fraction of sp³-hybridized carbons (Fsp3) is 0.647. The summed E-state index contributed by atoms with van der Waals surface area (Å²) >= 11 is 0. The lowest BCUT2D eigenvalue weighted by Gasteiger charge is -2.27. The SMILES string of the molecule is CCCCOC(=O)[C@@H](NC(=O)c1nc[nH]c1C(=O)N(CC)CCN(C(=O)CC)c1nc[nH]c1C(=O)N[C@H](C(=O)OCCCC)C(C)C)C(C)C. The molecular weight excluding hydrogens is 648 g/mol. The third kappa shape index (κ3) is 11.4. The van der Waals surface area contributed by atoms with Gasteiger partial charge < -0.3 is 35.0 Å². The van der Waals surface area contributed by atoms with Gasteiger partial charge in [0.25, 0.3) is 17.7 Å². The topological polar surface area (TPSA) is 209 Å². The smallest absolute Gasteiger partial charge is 0.328 e. The number of esters is 2. The summed E-state index contributed by atoms with van der Waals surface area (Å²) in [5, 5.41) is 5.35. The van der Waals surface area contributed by atoms with Gasteiger partial charge in [0, 0.05) is 26.1 Å². The molecule has 0 aromatic carbocycles. The van der Waals surface area contributed by atoms with E-state index in [9.17, 15) is 28.8 Å². The molecule has 16 heteroatoms. The number of hydrogen-bond donors (Lipinski definition) is 4. The first kappa shape index (κ1) is 41.4. The molecule has 2 aromatic heterocycles. The van der Waals surface area contributed by atoms with Crippen LogP contribution in [0.1, 0.15) is 119 Å². The monoisotopic (exact) mass is 702 g/mol. The number of aromatic amines is 2. The molecule has 2 rings (SSSR count). The summed E-state index contributed by atoms with van der Waals surface area (Å²) in [5.74, 6) is -3.95. The van der Waals surface area contributed by atoms with Crippen LogP contribution < -0.4 is 15.5 Å². The zero-order valence-corrected chi connectivity index (χ0v) is 30.6. The van der Waals surface area contributed by atoms with Crippen LogP contribution >= 0.6 is 0 Å². The average Bonchev–Trinajstić information content (AvgIpc) is 3.78. The molecule has 0 aliphatic rings. The predicted molar refractivity (Wildman–Crippen MR) is 185 cm³/mol. The number of carbonyl (C=O) groups is 6. The van der Waals surface area contributed by atoms with Crippen LogP contribution in [0.4, 0.5) is 5.82 Å². The van der Waals surface area contributed by atoms with E-state index in [1.807, 2.05) is 13.8 Å². The van der Waals surface area contributed by atoms with Gasteiger partial charge in [0.05, 0.1) is 25.9 Å². The largest absolute Gasteiger partial charge is 0.464 e. The second-order valence-electron chi connectivity index (χ2n) is 12.4. The van der Waals surface area contributed by atoms with Gasteiger partial charge in [0.2, 0.25) is 5.91 Å². The van der Waals surface area contributed by atoms with Crippen molar-refractivity contribution in [2.45, 2.75) is 99.6 Å². The maximum atomic E-state index is 13.7. The maximum absolute atomic E-state index is 13.7. The standard InChI is InChI=1S/C34H54N8O8/c1-9-13-17-49-33(47)24(21(5)6)39-30(44)26-27(36-19-35-26)32(46)41(12-4)15-16-42(23(43)11-3)29-28(37-20-38-29)31(45)40-25(22(7)8)34(48)50-18-14-10-2/h19-22,24-25H,9-18H2,1-8H3,(H,35,36)(H,37,38)(H,39,44)(H,40,45)/t24-,25-/m0/s1. The van der Waals surface area contributed by atoms with Gasteiger partial charge in [-0.15, -0.1) is 0 Å². The maximum Gasteiger partial charge on any atom is 0.328 e. The van der Waals surface area contributed by atoms with Gasteiger partial charge in [0.1, 0.15) is 23.5 Å². The Bertz CT molecular complexity index is 1440. The molecular formula is C34H54N8O8. The van der Waals surface area contributed by atoms with Gasteiger partial charge in [0.15, 0.2) is 11.5 Å². The number of nitrogens with zero attached hydrogens (tertiary/aromatic N) is 4. The van der Waals surface area contributed by atoms with Gasteiger partial charge in [-0.25, -0.2) is 19.6 Å².